The molecule has 1 unspecified atom stereocenters. The number of hydrogen-bond acceptors (Lipinski definition) is 0. The molecule has 167 valence electrons. The molecule has 0 radical (unpaired) electrons. The minimum Gasteiger partial charge on any atom is -1.00 e. The van der Waals surface area contributed by atoms with Gasteiger partial charge in [0.05, 0.1) is 0 Å². The van der Waals surface area contributed by atoms with Gasteiger partial charge in [-0.1, -0.05) is 0 Å². The molecule has 0 saturated heterocycles. The molecule has 2 aromatic rings. The third-order valence-electron chi connectivity index (χ3n) is 7.36. The van der Waals surface area contributed by atoms with Crippen molar-refractivity contribution in [2.24, 2.45) is 0 Å². The van der Waals surface area contributed by atoms with Crippen LogP contribution in [0.5, 0.6) is 0 Å². The van der Waals surface area contributed by atoms with Crippen LogP contribution in [0.3, 0.4) is 0 Å². The van der Waals surface area contributed by atoms with Gasteiger partial charge >= 0.3 is 200 Å². The molecule has 32 heavy (non-hydrogen) atoms. The van der Waals surface area contributed by atoms with Crippen LogP contribution in [-0.2, 0) is 35.5 Å². The Labute approximate surface area is 223 Å². The van der Waals surface area contributed by atoms with Crippen molar-refractivity contribution in [2.75, 3.05) is 0 Å². The standard InChI is InChI=1S/C28H33Si.2ClH.Zr/c1-27(2,3)19-13-14-20-18(15-19)16-21-22(17-11-9-10-12-17)24(28(4,5)6)26-25(23(20)21)29(26,7)8;;;/h9-11,13-16H,12H2,1-8H3;2*1H;/q;;;+2/p-2. The Bertz CT molecular complexity index is 1170. The zero-order valence-electron chi connectivity index (χ0n) is 20.5. The maximum atomic E-state index is 2.58. The van der Waals surface area contributed by atoms with Crippen LogP contribution in [0.25, 0.3) is 16.7 Å². The second-order valence-electron chi connectivity index (χ2n) is 12.0. The van der Waals surface area contributed by atoms with E-state index < -0.39 is 8.07 Å². The largest absolute Gasteiger partial charge is 1.00 e. The molecule has 3 aliphatic rings. The molecule has 0 amide bonds. The molecule has 0 aromatic heterocycles. The van der Waals surface area contributed by atoms with Gasteiger partial charge in [-0.25, -0.2) is 0 Å². The molecule has 0 spiro atoms. The van der Waals surface area contributed by atoms with Crippen molar-refractivity contribution in [3.8, 4) is 11.1 Å². The summed E-state index contributed by atoms with van der Waals surface area (Å²) in [7, 11) is -1.48. The van der Waals surface area contributed by atoms with Crippen molar-refractivity contribution in [3.63, 3.8) is 0 Å². The van der Waals surface area contributed by atoms with E-state index in [2.05, 4.69) is 91.1 Å². The van der Waals surface area contributed by atoms with Gasteiger partial charge in [0.2, 0.25) is 0 Å². The minimum atomic E-state index is -1.48. The molecule has 2 aromatic carbocycles. The van der Waals surface area contributed by atoms with Crippen molar-refractivity contribution in [3.05, 3.63) is 64.2 Å². The number of allylic oxidation sites excluding steroid dienone is 4. The van der Waals surface area contributed by atoms with E-state index in [1.54, 1.807) is 74.0 Å². The summed E-state index contributed by atoms with van der Waals surface area (Å²) in [5.74, 6) is 0. The predicted molar refractivity (Wildman–Crippen MR) is 130 cm³/mol. The van der Waals surface area contributed by atoms with Crippen molar-refractivity contribution < 1.29 is 49.5 Å². The Hall–Kier alpha value is -0.400. The maximum Gasteiger partial charge on any atom is -1.00 e. The monoisotopic (exact) mass is 557 g/mol. The first-order chi connectivity index (χ1) is 13.8. The predicted octanol–water partition coefficient (Wildman–Crippen LogP) is 0.386. The number of benzene rings is 2. The van der Waals surface area contributed by atoms with Crippen molar-refractivity contribution in [1.29, 1.82) is 0 Å². The third-order valence-corrected chi connectivity index (χ3v) is 12.1. The first-order valence-electron chi connectivity index (χ1n) is 11.3. The number of hydrogen-bond donors (Lipinski definition) is 0. The Balaban J connectivity index is 0.00000144. The molecule has 0 fully saturated rings. The summed E-state index contributed by atoms with van der Waals surface area (Å²) >= 11 is 1.62. The van der Waals surface area contributed by atoms with E-state index in [1.807, 2.05) is 0 Å². The van der Waals surface area contributed by atoms with Crippen molar-refractivity contribution in [1.82, 2.24) is 0 Å². The SMILES string of the molecule is CC(C)(C)c1ccc2c(c1)[CH]([Zr+2])c1c(C3=CC=CC3)c(C(C)(C)C)c3c(c1-2)[Si]3(C)C.[Cl-].[Cl-]. The van der Waals surface area contributed by atoms with Crippen LogP contribution in [0, 0.1) is 0 Å². The second-order valence-corrected chi connectivity index (χ2v) is 17.6. The van der Waals surface area contributed by atoms with Crippen LogP contribution in [-0.4, -0.2) is 8.07 Å². The Morgan fingerprint density at radius 3 is 2.09 bits per heavy atom. The second kappa shape index (κ2) is 8.08. The average molecular weight is 560 g/mol. The molecule has 2 aliphatic carbocycles. The summed E-state index contributed by atoms with van der Waals surface area (Å²) in [6.07, 6.45) is 8.07. The molecule has 0 saturated carbocycles. The van der Waals surface area contributed by atoms with Crippen LogP contribution in [0.15, 0.2) is 36.4 Å². The van der Waals surface area contributed by atoms with Crippen LogP contribution in [0.2, 0.25) is 13.1 Å². The zero-order chi connectivity index (χ0) is 21.8. The average Bonchev–Trinajstić information content (AvgIpc) is 3.02. The van der Waals surface area contributed by atoms with Gasteiger partial charge in [0.25, 0.3) is 0 Å². The molecule has 5 rings (SSSR count). The Kier molecular flexibility index (Phi) is 6.62. The summed E-state index contributed by atoms with van der Waals surface area (Å²) in [4.78, 5) is 0. The van der Waals surface area contributed by atoms with Crippen LogP contribution in [0.1, 0.15) is 79.4 Å². The maximum absolute atomic E-state index is 2.58. The number of rotatable bonds is 1. The van der Waals surface area contributed by atoms with Gasteiger partial charge in [-0.3, -0.25) is 0 Å². The summed E-state index contributed by atoms with van der Waals surface area (Å²) in [5, 5.41) is 3.54. The molecule has 4 heteroatoms. The number of halogens is 2. The molecular weight excluding hydrogens is 527 g/mol. The van der Waals surface area contributed by atoms with Crippen molar-refractivity contribution in [2.45, 2.75) is 75.5 Å². The van der Waals surface area contributed by atoms with Gasteiger partial charge in [-0.2, -0.15) is 0 Å². The van der Waals surface area contributed by atoms with E-state index in [1.165, 1.54) is 5.56 Å². The van der Waals surface area contributed by atoms with E-state index in [0.717, 1.165) is 6.42 Å². The van der Waals surface area contributed by atoms with E-state index in [-0.39, 0.29) is 35.6 Å². The fraction of sp³-hybridized carbons (Fsp3) is 0.429. The van der Waals surface area contributed by atoms with Gasteiger partial charge in [-0.15, -0.1) is 0 Å². The summed E-state index contributed by atoms with van der Waals surface area (Å²) in [6, 6.07) is 7.40. The fourth-order valence-electron chi connectivity index (χ4n) is 5.80. The number of fused-ring (bicyclic) bond motifs is 5. The van der Waals surface area contributed by atoms with Crippen molar-refractivity contribution >= 4 is 24.0 Å². The van der Waals surface area contributed by atoms with Gasteiger partial charge in [0.1, 0.15) is 0 Å². The first-order valence-corrected chi connectivity index (χ1v) is 15.7. The minimum absolute atomic E-state index is 0. The van der Waals surface area contributed by atoms with E-state index >= 15 is 0 Å². The molecule has 1 aliphatic heterocycles. The van der Waals surface area contributed by atoms with Crippen LogP contribution in [0.4, 0.5) is 0 Å². The first kappa shape index (κ1) is 26.2. The van der Waals surface area contributed by atoms with Crippen LogP contribution >= 0.6 is 0 Å². The van der Waals surface area contributed by atoms with Crippen LogP contribution < -0.4 is 35.2 Å². The topological polar surface area (TPSA) is 0 Å². The zero-order valence-corrected chi connectivity index (χ0v) is 25.5. The molecular formula is C28H33Cl2SiZr. The normalized spacial score (nSPS) is 19.4. The molecule has 0 bridgehead atoms. The third kappa shape index (κ3) is 3.64. The van der Waals surface area contributed by atoms with Gasteiger partial charge in [-0.05, 0) is 0 Å². The Morgan fingerprint density at radius 2 is 1.56 bits per heavy atom. The van der Waals surface area contributed by atoms with E-state index in [9.17, 15) is 0 Å². The van der Waals surface area contributed by atoms with E-state index in [0.29, 0.717) is 3.63 Å². The van der Waals surface area contributed by atoms with Gasteiger partial charge in [0.15, 0.2) is 0 Å². The Morgan fingerprint density at radius 1 is 0.906 bits per heavy atom. The summed E-state index contributed by atoms with van der Waals surface area (Å²) in [5.41, 5.74) is 13.1. The van der Waals surface area contributed by atoms with Gasteiger partial charge < -0.3 is 24.8 Å². The molecule has 0 N–H and O–H groups in total. The van der Waals surface area contributed by atoms with Gasteiger partial charge in [0, 0.05) is 0 Å². The quantitative estimate of drug-likeness (QED) is 0.444. The summed E-state index contributed by atoms with van der Waals surface area (Å²) in [6.45, 7) is 19.5. The smallest absolute Gasteiger partial charge is 1.00 e. The van der Waals surface area contributed by atoms with E-state index in [4.69, 9.17) is 0 Å². The fourth-order valence-corrected chi connectivity index (χ4v) is 11.1. The molecule has 0 nitrogen and oxygen atoms in total. The summed E-state index contributed by atoms with van der Waals surface area (Å²) < 4.78 is 0.554. The molecule has 1 atom stereocenters. The molecule has 1 heterocycles.